The van der Waals surface area contributed by atoms with Gasteiger partial charge in [-0.25, -0.2) is 27.6 Å². The number of nitrogens with zero attached hydrogens (tertiary/aromatic N) is 4. The maximum atomic E-state index is 14.3. The molecule has 0 bridgehead atoms. The summed E-state index contributed by atoms with van der Waals surface area (Å²) in [5, 5.41) is 23.7. The summed E-state index contributed by atoms with van der Waals surface area (Å²) < 4.78 is 66.3. The molecule has 2 aromatic rings. The molecule has 0 radical (unpaired) electrons. The molecule has 2 aromatic heterocycles. The van der Waals surface area contributed by atoms with Crippen LogP contribution in [0.3, 0.4) is 0 Å². The Kier molecular flexibility index (Phi) is 6.84. The first kappa shape index (κ1) is 25.8. The highest BCUT2D eigenvalue weighted by Crippen LogP contribution is 2.66. The van der Waals surface area contributed by atoms with Gasteiger partial charge in [-0.2, -0.15) is 19.0 Å². The summed E-state index contributed by atoms with van der Waals surface area (Å²) >= 11 is 0. The van der Waals surface area contributed by atoms with E-state index < -0.39 is 53.7 Å². The van der Waals surface area contributed by atoms with Crippen molar-refractivity contribution in [3.63, 3.8) is 0 Å². The van der Waals surface area contributed by atoms with Gasteiger partial charge in [0.15, 0.2) is 11.6 Å². The number of anilines is 1. The van der Waals surface area contributed by atoms with Gasteiger partial charge in [0.25, 0.3) is 0 Å². The Balaban J connectivity index is 1.79. The predicted molar refractivity (Wildman–Crippen MR) is 100.0 cm³/mol. The van der Waals surface area contributed by atoms with E-state index in [1.54, 1.807) is 0 Å². The third-order valence-electron chi connectivity index (χ3n) is 4.27. The average Bonchev–Trinajstić information content (AvgIpc) is 3.15. The SMILES string of the molecule is N#CC1(COP(=O)(O)OP(=O)(O)OP(=O)(O)O)OC(c2cc(F)c3c(N)ncnn23)CC1O. The average molecular weight is 533 g/mol. The van der Waals surface area contributed by atoms with Crippen molar-refractivity contribution in [3.05, 3.63) is 23.9 Å². The van der Waals surface area contributed by atoms with E-state index >= 15 is 0 Å². The molecule has 0 aromatic carbocycles. The van der Waals surface area contributed by atoms with Crippen molar-refractivity contribution in [2.45, 2.75) is 24.2 Å². The predicted octanol–water partition coefficient (Wildman–Crippen LogP) is -0.121. The molecule has 1 aliphatic heterocycles. The first-order valence-electron chi connectivity index (χ1n) is 8.41. The van der Waals surface area contributed by atoms with Crippen LogP contribution in [-0.4, -0.2) is 57.6 Å². The van der Waals surface area contributed by atoms with E-state index in [2.05, 4.69) is 23.2 Å². The lowest BCUT2D eigenvalue weighted by Gasteiger charge is -2.25. The van der Waals surface area contributed by atoms with Crippen molar-refractivity contribution in [2.75, 3.05) is 12.3 Å². The molecule has 0 saturated carbocycles. The summed E-state index contributed by atoms with van der Waals surface area (Å²) in [7, 11) is -17.0. The monoisotopic (exact) mass is 533 g/mol. The van der Waals surface area contributed by atoms with E-state index in [0.717, 1.165) is 16.9 Å². The topological polar surface area (TPSA) is 269 Å². The van der Waals surface area contributed by atoms with Gasteiger partial charge in [-0.1, -0.05) is 0 Å². The second-order valence-corrected chi connectivity index (χ2v) is 11.0. The van der Waals surface area contributed by atoms with Crippen molar-refractivity contribution in [1.29, 1.82) is 5.26 Å². The highest BCUT2D eigenvalue weighted by Gasteiger charge is 2.52. The summed E-state index contributed by atoms with van der Waals surface area (Å²) in [4.78, 5) is 39.4. The normalized spacial score (nSPS) is 27.2. The zero-order valence-electron chi connectivity index (χ0n) is 15.9. The van der Waals surface area contributed by atoms with Gasteiger partial charge in [0.2, 0.25) is 5.60 Å². The Morgan fingerprint density at radius 1 is 1.30 bits per heavy atom. The number of rotatable bonds is 8. The Morgan fingerprint density at radius 3 is 2.58 bits per heavy atom. The molecule has 7 N–H and O–H groups in total. The van der Waals surface area contributed by atoms with E-state index in [1.165, 1.54) is 6.07 Å². The summed E-state index contributed by atoms with van der Waals surface area (Å²) in [6.45, 7) is -1.23. The van der Waals surface area contributed by atoms with Gasteiger partial charge in [0, 0.05) is 12.5 Å². The Morgan fingerprint density at radius 2 is 1.97 bits per heavy atom. The molecule has 0 amide bonds. The van der Waals surface area contributed by atoms with Crippen LogP contribution in [0.5, 0.6) is 0 Å². The summed E-state index contributed by atoms with van der Waals surface area (Å²) in [5.74, 6) is -1.03. The number of hydrogen-bond acceptors (Lipinski definition) is 12. The van der Waals surface area contributed by atoms with Gasteiger partial charge in [0.05, 0.1) is 5.69 Å². The van der Waals surface area contributed by atoms with Gasteiger partial charge in [0.1, 0.15) is 36.7 Å². The molecular weight excluding hydrogens is 518 g/mol. The molecular formula is C12H15FN5O12P3. The quantitative estimate of drug-likeness (QED) is 0.241. The van der Waals surface area contributed by atoms with Crippen LogP contribution < -0.4 is 5.73 Å². The smallest absolute Gasteiger partial charge is 0.389 e. The van der Waals surface area contributed by atoms with Gasteiger partial charge < -0.3 is 35.2 Å². The third-order valence-corrected chi connectivity index (χ3v) is 8.05. The Bertz CT molecular complexity index is 1260. The zero-order valence-corrected chi connectivity index (χ0v) is 18.6. The van der Waals surface area contributed by atoms with Crippen molar-refractivity contribution in [3.8, 4) is 6.07 Å². The molecule has 3 heterocycles. The van der Waals surface area contributed by atoms with Crippen molar-refractivity contribution in [2.24, 2.45) is 0 Å². The molecule has 5 unspecified atom stereocenters. The lowest BCUT2D eigenvalue weighted by Crippen LogP contribution is -2.42. The van der Waals surface area contributed by atoms with Crippen molar-refractivity contribution < 1.29 is 60.6 Å². The fourth-order valence-electron chi connectivity index (χ4n) is 2.97. The summed E-state index contributed by atoms with van der Waals surface area (Å²) in [5.41, 5.74) is 3.06. The highest BCUT2D eigenvalue weighted by atomic mass is 31.3. The molecule has 21 heteroatoms. The fraction of sp³-hybridized carbons (Fsp3) is 0.417. The molecule has 17 nitrogen and oxygen atoms in total. The van der Waals surface area contributed by atoms with Gasteiger partial charge in [-0.15, -0.1) is 0 Å². The number of nitrogens with two attached hydrogens (primary N) is 1. The second kappa shape index (κ2) is 8.75. The molecule has 0 spiro atoms. The van der Waals surface area contributed by atoms with Crippen LogP contribution in [0.2, 0.25) is 0 Å². The number of phosphoric ester groups is 1. The molecule has 1 fully saturated rings. The molecule has 0 aliphatic carbocycles. The van der Waals surface area contributed by atoms with E-state index in [-0.39, 0.29) is 23.4 Å². The second-order valence-electron chi connectivity index (χ2n) is 6.55. The minimum atomic E-state index is -5.79. The van der Waals surface area contributed by atoms with Crippen LogP contribution >= 0.6 is 23.5 Å². The number of phosphoric acid groups is 3. The molecule has 1 saturated heterocycles. The number of ether oxygens (including phenoxy) is 1. The molecule has 5 atom stereocenters. The standard InChI is InChI=1S/C12H15FN5O12P3/c13-6-1-7(18-10(6)11(15)16-5-17-18)8-2-9(19)12(3-14,28-8)4-27-32(23,24)30-33(25,26)29-31(20,21)22/h1,5,8-9,19H,2,4H2,(H,23,24)(H,25,26)(H2,15,16,17)(H2,20,21,22). The van der Waals surface area contributed by atoms with Crippen molar-refractivity contribution in [1.82, 2.24) is 14.6 Å². The third kappa shape index (κ3) is 5.64. The molecule has 1 aliphatic rings. The van der Waals surface area contributed by atoms with Crippen LogP contribution in [0.15, 0.2) is 12.4 Å². The number of aromatic nitrogens is 3. The highest BCUT2D eigenvalue weighted by molar-refractivity contribution is 7.66. The maximum absolute atomic E-state index is 14.3. The van der Waals surface area contributed by atoms with Crippen LogP contribution in [0.4, 0.5) is 10.2 Å². The number of aliphatic hydroxyl groups excluding tert-OH is 1. The first-order valence-corrected chi connectivity index (χ1v) is 12.9. The molecule has 33 heavy (non-hydrogen) atoms. The minimum absolute atomic E-state index is 0.00566. The number of aliphatic hydroxyl groups is 1. The largest absolute Gasteiger partial charge is 0.490 e. The number of halogens is 1. The zero-order chi connectivity index (χ0) is 24.8. The van der Waals surface area contributed by atoms with Crippen molar-refractivity contribution >= 4 is 34.8 Å². The first-order chi connectivity index (χ1) is 15.1. The van der Waals surface area contributed by atoms with E-state index in [0.29, 0.717) is 0 Å². The van der Waals surface area contributed by atoms with E-state index in [4.69, 9.17) is 25.2 Å². The Hall–Kier alpha value is -1.83. The van der Waals surface area contributed by atoms with Crippen LogP contribution in [0.1, 0.15) is 18.2 Å². The van der Waals surface area contributed by atoms with Gasteiger partial charge in [-0.3, -0.25) is 4.52 Å². The van der Waals surface area contributed by atoms with Crippen LogP contribution in [-0.2, 0) is 31.6 Å². The molecule has 182 valence electrons. The summed E-state index contributed by atoms with van der Waals surface area (Å²) in [6.07, 6.45) is -2.21. The van der Waals surface area contributed by atoms with E-state index in [9.17, 15) is 33.3 Å². The van der Waals surface area contributed by atoms with Crippen LogP contribution in [0, 0.1) is 17.1 Å². The number of nitriles is 1. The maximum Gasteiger partial charge on any atom is 0.490 e. The minimum Gasteiger partial charge on any atom is -0.389 e. The fourth-order valence-corrected chi connectivity index (χ4v) is 6.02. The number of hydrogen-bond donors (Lipinski definition) is 6. The van der Waals surface area contributed by atoms with Gasteiger partial charge >= 0.3 is 23.5 Å². The lowest BCUT2D eigenvalue weighted by atomic mass is 9.99. The van der Waals surface area contributed by atoms with Crippen LogP contribution in [0.25, 0.3) is 5.52 Å². The summed E-state index contributed by atoms with van der Waals surface area (Å²) in [6, 6.07) is 2.50. The lowest BCUT2D eigenvalue weighted by molar-refractivity contribution is -0.0729. The number of fused-ring (bicyclic) bond motifs is 1. The van der Waals surface area contributed by atoms with E-state index in [1.807, 2.05) is 0 Å². The van der Waals surface area contributed by atoms with Gasteiger partial charge in [-0.05, 0) is 0 Å². The molecule has 3 rings (SSSR count). The Labute approximate surface area is 182 Å². The number of nitrogen functional groups attached to an aromatic ring is 1.